The lowest BCUT2D eigenvalue weighted by Gasteiger charge is -2.31. The fourth-order valence-electron chi connectivity index (χ4n) is 3.49. The van der Waals surface area contributed by atoms with Gasteiger partial charge in [0.05, 0.1) is 26.7 Å². The molecule has 0 spiro atoms. The SMILES string of the molecule is CC1(C)[C@H]2CC[C@@]1(C)C(=O)C2=C[N+](C)(C)C. The quantitative estimate of drug-likeness (QED) is 0.492. The summed E-state index contributed by atoms with van der Waals surface area (Å²) in [6.45, 7) is 6.68. The second-order valence-electron chi connectivity index (χ2n) is 7.17. The average molecular weight is 222 g/mol. The van der Waals surface area contributed by atoms with Crippen LogP contribution in [-0.2, 0) is 4.79 Å². The maximum absolute atomic E-state index is 12.5. The lowest BCUT2D eigenvalue weighted by molar-refractivity contribution is -0.817. The summed E-state index contributed by atoms with van der Waals surface area (Å²) in [6.07, 6.45) is 4.40. The van der Waals surface area contributed by atoms with Gasteiger partial charge in [-0.15, -0.1) is 0 Å². The van der Waals surface area contributed by atoms with Crippen molar-refractivity contribution < 1.29 is 9.28 Å². The van der Waals surface area contributed by atoms with Gasteiger partial charge in [-0.3, -0.25) is 4.79 Å². The van der Waals surface area contributed by atoms with Crippen molar-refractivity contribution in [3.8, 4) is 0 Å². The zero-order chi connectivity index (χ0) is 12.4. The summed E-state index contributed by atoms with van der Waals surface area (Å²) in [5.74, 6) is 0.879. The monoisotopic (exact) mass is 222 g/mol. The van der Waals surface area contributed by atoms with Crippen LogP contribution in [0.15, 0.2) is 11.8 Å². The number of carbonyl (C=O) groups is 1. The summed E-state index contributed by atoms with van der Waals surface area (Å²) in [7, 11) is 6.34. The Labute approximate surface area is 98.9 Å². The Bertz CT molecular complexity index is 373. The molecule has 2 fully saturated rings. The van der Waals surface area contributed by atoms with Gasteiger partial charge in [-0.2, -0.15) is 0 Å². The molecule has 2 rings (SSSR count). The van der Waals surface area contributed by atoms with Gasteiger partial charge >= 0.3 is 0 Å². The first kappa shape index (κ1) is 11.8. The number of rotatable bonds is 1. The number of hydrogen-bond donors (Lipinski definition) is 0. The highest BCUT2D eigenvalue weighted by atomic mass is 16.1. The molecule has 0 heterocycles. The normalized spacial score (nSPS) is 39.8. The predicted octanol–water partition coefficient (Wildman–Crippen LogP) is 2.60. The van der Waals surface area contributed by atoms with Crippen LogP contribution in [0.4, 0.5) is 0 Å². The molecule has 0 N–H and O–H groups in total. The number of nitrogens with zero attached hydrogens (tertiary/aromatic N) is 1. The third-order valence-electron chi connectivity index (χ3n) is 4.89. The Kier molecular flexibility index (Phi) is 2.20. The van der Waals surface area contributed by atoms with Crippen molar-refractivity contribution >= 4 is 5.78 Å². The van der Waals surface area contributed by atoms with Crippen LogP contribution in [0.25, 0.3) is 0 Å². The van der Waals surface area contributed by atoms with Gasteiger partial charge in [0.15, 0.2) is 5.78 Å². The van der Waals surface area contributed by atoms with Crippen LogP contribution in [-0.4, -0.2) is 31.4 Å². The zero-order valence-corrected chi connectivity index (χ0v) is 11.4. The summed E-state index contributed by atoms with van der Waals surface area (Å²) in [4.78, 5) is 12.5. The highest BCUT2D eigenvalue weighted by molar-refractivity contribution is 6.04. The van der Waals surface area contributed by atoms with Crippen molar-refractivity contribution in [2.75, 3.05) is 21.1 Å². The van der Waals surface area contributed by atoms with Crippen LogP contribution in [0, 0.1) is 16.7 Å². The van der Waals surface area contributed by atoms with Crippen molar-refractivity contribution in [3.63, 3.8) is 0 Å². The van der Waals surface area contributed by atoms with Gasteiger partial charge in [0.2, 0.25) is 0 Å². The second kappa shape index (κ2) is 2.98. The van der Waals surface area contributed by atoms with E-state index in [2.05, 4.69) is 48.1 Å². The Hall–Kier alpha value is -0.630. The van der Waals surface area contributed by atoms with Gasteiger partial charge in [-0.1, -0.05) is 20.8 Å². The number of quaternary nitrogens is 1. The van der Waals surface area contributed by atoms with Crippen LogP contribution in [0.3, 0.4) is 0 Å². The highest BCUT2D eigenvalue weighted by Crippen LogP contribution is 2.65. The summed E-state index contributed by atoms with van der Waals surface area (Å²) in [5, 5.41) is 0. The number of carbonyl (C=O) groups excluding carboxylic acids is 1. The van der Waals surface area contributed by atoms with Gasteiger partial charge < -0.3 is 4.48 Å². The standard InChI is InChI=1S/C14H24NO/c1-13(2)11-7-8-14(13,3)12(16)10(11)9-15(4,5)6/h9,11H,7-8H2,1-6H3/q+1/t11-,14-/m0/s1. The molecule has 0 saturated heterocycles. The molecule has 2 saturated carbocycles. The highest BCUT2D eigenvalue weighted by Gasteiger charge is 2.64. The van der Waals surface area contributed by atoms with E-state index in [1.807, 2.05) is 0 Å². The van der Waals surface area contributed by atoms with E-state index >= 15 is 0 Å². The first-order chi connectivity index (χ1) is 7.09. The molecular formula is C14H24NO+. The molecule has 0 radical (unpaired) electrons. The lowest BCUT2D eigenvalue weighted by Crippen LogP contribution is -2.33. The fourth-order valence-corrected chi connectivity index (χ4v) is 3.49. The molecule has 2 aliphatic rings. The molecule has 0 amide bonds. The van der Waals surface area contributed by atoms with Crippen LogP contribution in [0.5, 0.6) is 0 Å². The molecule has 0 aliphatic heterocycles. The van der Waals surface area contributed by atoms with Crippen molar-refractivity contribution in [3.05, 3.63) is 11.8 Å². The number of fused-ring (bicyclic) bond motifs is 2. The molecule has 16 heavy (non-hydrogen) atoms. The molecular weight excluding hydrogens is 198 g/mol. The molecule has 2 nitrogen and oxygen atoms in total. The molecule has 2 aliphatic carbocycles. The Balaban J connectivity index is 2.49. The molecule has 0 unspecified atom stereocenters. The summed E-state index contributed by atoms with van der Waals surface area (Å²) in [5.41, 5.74) is 1.12. The van der Waals surface area contributed by atoms with Crippen molar-refractivity contribution in [1.82, 2.24) is 0 Å². The van der Waals surface area contributed by atoms with Gasteiger partial charge in [0, 0.05) is 5.41 Å². The first-order valence-electron chi connectivity index (χ1n) is 6.18. The summed E-state index contributed by atoms with van der Waals surface area (Å²) in [6, 6.07) is 0. The van der Waals surface area contributed by atoms with Gasteiger partial charge in [0.25, 0.3) is 0 Å². The molecule has 0 aromatic heterocycles. The summed E-state index contributed by atoms with van der Waals surface area (Å²) >= 11 is 0. The number of allylic oxidation sites excluding steroid dienone is 1. The minimum atomic E-state index is -0.112. The average Bonchev–Trinajstić information content (AvgIpc) is 2.38. The van der Waals surface area contributed by atoms with Gasteiger partial charge in [0.1, 0.15) is 6.20 Å². The maximum atomic E-state index is 12.5. The zero-order valence-electron chi connectivity index (χ0n) is 11.4. The number of Topliss-reactive ketones (excluding diaryl/α,β-unsaturated/α-hetero) is 1. The van der Waals surface area contributed by atoms with E-state index in [1.165, 1.54) is 6.42 Å². The van der Waals surface area contributed by atoms with Gasteiger partial charge in [-0.25, -0.2) is 0 Å². The minimum absolute atomic E-state index is 0.112. The third-order valence-corrected chi connectivity index (χ3v) is 4.89. The van der Waals surface area contributed by atoms with Crippen LogP contribution in [0.1, 0.15) is 33.6 Å². The van der Waals surface area contributed by atoms with E-state index in [9.17, 15) is 4.79 Å². The van der Waals surface area contributed by atoms with E-state index in [4.69, 9.17) is 0 Å². The molecule has 0 aromatic carbocycles. The van der Waals surface area contributed by atoms with Crippen molar-refractivity contribution in [2.45, 2.75) is 33.6 Å². The van der Waals surface area contributed by atoms with Crippen molar-refractivity contribution in [2.24, 2.45) is 16.7 Å². The molecule has 0 aromatic rings. The largest absolute Gasteiger partial charge is 0.304 e. The van der Waals surface area contributed by atoms with Crippen molar-refractivity contribution in [1.29, 1.82) is 0 Å². The van der Waals surface area contributed by atoms with E-state index < -0.39 is 0 Å². The Morgan fingerprint density at radius 3 is 2.19 bits per heavy atom. The second-order valence-corrected chi connectivity index (χ2v) is 7.17. The maximum Gasteiger partial charge on any atom is 0.170 e. The Morgan fingerprint density at radius 2 is 1.81 bits per heavy atom. The van der Waals surface area contributed by atoms with Crippen LogP contribution in [0.2, 0.25) is 0 Å². The van der Waals surface area contributed by atoms with E-state index in [1.54, 1.807) is 0 Å². The third kappa shape index (κ3) is 1.32. The fraction of sp³-hybridized carbons (Fsp3) is 0.786. The van der Waals surface area contributed by atoms with E-state index in [0.29, 0.717) is 11.7 Å². The number of hydrogen-bond acceptors (Lipinski definition) is 1. The van der Waals surface area contributed by atoms with Gasteiger partial charge in [-0.05, 0) is 24.2 Å². The summed E-state index contributed by atoms with van der Waals surface area (Å²) < 4.78 is 0.740. The number of ketones is 1. The molecule has 90 valence electrons. The topological polar surface area (TPSA) is 17.1 Å². The predicted molar refractivity (Wildman–Crippen MR) is 65.7 cm³/mol. The molecule has 2 atom stereocenters. The molecule has 2 bridgehead atoms. The minimum Gasteiger partial charge on any atom is -0.304 e. The molecule has 2 heteroatoms. The Morgan fingerprint density at radius 1 is 1.25 bits per heavy atom. The smallest absolute Gasteiger partial charge is 0.170 e. The lowest BCUT2D eigenvalue weighted by atomic mass is 9.70. The van der Waals surface area contributed by atoms with E-state index in [0.717, 1.165) is 16.5 Å². The van der Waals surface area contributed by atoms with Crippen LogP contribution >= 0.6 is 0 Å². The van der Waals surface area contributed by atoms with Crippen LogP contribution < -0.4 is 0 Å². The first-order valence-corrected chi connectivity index (χ1v) is 6.18. The van der Waals surface area contributed by atoms with E-state index in [-0.39, 0.29) is 10.8 Å².